The standard InChI is InChI=1S/C17H15Br2NO6/c1-17(24)11-10-8(5-25-16(11)23)14(21)20-12(10)13(17)26-15(22)7-3-2-6(18)4-9(7)19/h2-5,10-13,16,23-24H,1H3,(H,20,21)/t10-,11-,12+,13+,16?,17-/m1/s1. The lowest BCUT2D eigenvalue weighted by Gasteiger charge is -2.36. The van der Waals surface area contributed by atoms with Crippen LogP contribution in [0.25, 0.3) is 0 Å². The van der Waals surface area contributed by atoms with Crippen molar-refractivity contribution in [3.05, 3.63) is 44.5 Å². The number of halogens is 2. The highest BCUT2D eigenvalue weighted by Crippen LogP contribution is 2.52. The number of ether oxygens (including phenoxy) is 2. The van der Waals surface area contributed by atoms with Gasteiger partial charge in [0.15, 0.2) is 6.10 Å². The highest BCUT2D eigenvalue weighted by Gasteiger charge is 2.67. The molecule has 3 N–H and O–H groups in total. The summed E-state index contributed by atoms with van der Waals surface area (Å²) < 4.78 is 12.1. The average Bonchev–Trinajstić information content (AvgIpc) is 2.98. The summed E-state index contributed by atoms with van der Waals surface area (Å²) in [5.41, 5.74) is -0.955. The molecule has 0 radical (unpaired) electrons. The molecule has 26 heavy (non-hydrogen) atoms. The van der Waals surface area contributed by atoms with Crippen molar-refractivity contribution in [2.24, 2.45) is 11.8 Å². The number of amides is 1. The molecule has 7 nitrogen and oxygen atoms in total. The van der Waals surface area contributed by atoms with E-state index < -0.39 is 41.8 Å². The second-order valence-corrected chi connectivity index (χ2v) is 8.60. The van der Waals surface area contributed by atoms with E-state index in [2.05, 4.69) is 37.2 Å². The van der Waals surface area contributed by atoms with Gasteiger partial charge in [-0.1, -0.05) is 15.9 Å². The van der Waals surface area contributed by atoms with Gasteiger partial charge in [-0.2, -0.15) is 0 Å². The van der Waals surface area contributed by atoms with Crippen LogP contribution in [0.1, 0.15) is 17.3 Å². The van der Waals surface area contributed by atoms with Gasteiger partial charge in [0.1, 0.15) is 5.60 Å². The van der Waals surface area contributed by atoms with Crippen LogP contribution in [0.4, 0.5) is 0 Å². The number of benzene rings is 1. The second-order valence-electron chi connectivity index (χ2n) is 6.83. The lowest BCUT2D eigenvalue weighted by atomic mass is 9.81. The molecule has 0 spiro atoms. The average molecular weight is 489 g/mol. The highest BCUT2D eigenvalue weighted by molar-refractivity contribution is 9.11. The molecule has 1 aromatic rings. The zero-order valence-corrected chi connectivity index (χ0v) is 16.7. The van der Waals surface area contributed by atoms with Gasteiger partial charge in [-0.05, 0) is 41.1 Å². The molecule has 1 saturated carbocycles. The molecule has 2 aliphatic heterocycles. The van der Waals surface area contributed by atoms with E-state index in [-0.39, 0.29) is 11.5 Å². The van der Waals surface area contributed by atoms with Crippen molar-refractivity contribution in [2.45, 2.75) is 31.0 Å². The topological polar surface area (TPSA) is 105 Å². The number of hydrogen-bond donors (Lipinski definition) is 3. The molecule has 2 heterocycles. The van der Waals surface area contributed by atoms with Crippen LogP contribution in [0.2, 0.25) is 0 Å². The van der Waals surface area contributed by atoms with Crippen molar-refractivity contribution >= 4 is 43.7 Å². The van der Waals surface area contributed by atoms with Gasteiger partial charge in [-0.3, -0.25) is 4.79 Å². The van der Waals surface area contributed by atoms with Crippen molar-refractivity contribution in [1.29, 1.82) is 0 Å². The quantitative estimate of drug-likeness (QED) is 0.544. The van der Waals surface area contributed by atoms with Gasteiger partial charge in [0.25, 0.3) is 5.91 Å². The number of carbonyl (C=O) groups excluding carboxylic acids is 2. The summed E-state index contributed by atoms with van der Waals surface area (Å²) in [6, 6.07) is 4.36. The predicted octanol–water partition coefficient (Wildman–Crippen LogP) is 1.46. The fourth-order valence-corrected chi connectivity index (χ4v) is 5.33. The minimum Gasteiger partial charge on any atom is -0.472 e. The van der Waals surface area contributed by atoms with Gasteiger partial charge < -0.3 is 25.0 Å². The Morgan fingerprint density at radius 3 is 2.81 bits per heavy atom. The number of aliphatic hydroxyl groups excluding tert-OH is 1. The van der Waals surface area contributed by atoms with Crippen LogP contribution in [-0.2, 0) is 14.3 Å². The molecular formula is C17H15Br2NO6. The van der Waals surface area contributed by atoms with E-state index in [0.717, 1.165) is 4.47 Å². The summed E-state index contributed by atoms with van der Waals surface area (Å²) in [6.07, 6.45) is -1.11. The van der Waals surface area contributed by atoms with Crippen LogP contribution in [0.15, 0.2) is 39.0 Å². The van der Waals surface area contributed by atoms with E-state index in [1.807, 2.05) is 0 Å². The van der Waals surface area contributed by atoms with Crippen molar-refractivity contribution < 1.29 is 29.3 Å². The number of hydrogen-bond acceptors (Lipinski definition) is 6. The molecule has 6 atom stereocenters. The van der Waals surface area contributed by atoms with E-state index in [0.29, 0.717) is 10.0 Å². The van der Waals surface area contributed by atoms with E-state index in [4.69, 9.17) is 9.47 Å². The first-order valence-corrected chi connectivity index (χ1v) is 9.53. The molecule has 2 fully saturated rings. The number of esters is 1. The third-order valence-electron chi connectivity index (χ3n) is 5.30. The summed E-state index contributed by atoms with van der Waals surface area (Å²) in [5, 5.41) is 24.0. The fourth-order valence-electron chi connectivity index (χ4n) is 4.12. The molecule has 138 valence electrons. The molecule has 9 heteroatoms. The summed E-state index contributed by atoms with van der Waals surface area (Å²) >= 11 is 6.63. The van der Waals surface area contributed by atoms with Crippen molar-refractivity contribution in [2.75, 3.05) is 0 Å². The summed E-state index contributed by atoms with van der Waals surface area (Å²) in [7, 11) is 0. The predicted molar refractivity (Wildman–Crippen MR) is 95.8 cm³/mol. The van der Waals surface area contributed by atoms with Crippen LogP contribution in [0.3, 0.4) is 0 Å². The Morgan fingerprint density at radius 2 is 2.12 bits per heavy atom. The van der Waals surface area contributed by atoms with E-state index in [1.165, 1.54) is 13.2 Å². The summed E-state index contributed by atoms with van der Waals surface area (Å²) in [5.74, 6) is -2.28. The Morgan fingerprint density at radius 1 is 1.38 bits per heavy atom. The summed E-state index contributed by atoms with van der Waals surface area (Å²) in [4.78, 5) is 24.8. The van der Waals surface area contributed by atoms with E-state index in [1.54, 1.807) is 18.2 Å². The van der Waals surface area contributed by atoms with Crippen molar-refractivity contribution in [3.63, 3.8) is 0 Å². The van der Waals surface area contributed by atoms with E-state index in [9.17, 15) is 19.8 Å². The zero-order chi connectivity index (χ0) is 18.8. The first-order chi connectivity index (χ1) is 12.2. The Balaban J connectivity index is 1.67. The molecule has 1 unspecified atom stereocenters. The number of nitrogens with one attached hydrogen (secondary N) is 1. The maximum Gasteiger partial charge on any atom is 0.339 e. The molecule has 4 rings (SSSR count). The van der Waals surface area contributed by atoms with Crippen LogP contribution >= 0.6 is 31.9 Å². The van der Waals surface area contributed by atoms with Crippen molar-refractivity contribution in [1.82, 2.24) is 5.32 Å². The molecule has 0 bridgehead atoms. The Bertz CT molecular complexity index is 839. The first kappa shape index (κ1) is 18.0. The molecule has 0 aromatic heterocycles. The number of rotatable bonds is 2. The van der Waals surface area contributed by atoms with Crippen LogP contribution < -0.4 is 5.32 Å². The maximum absolute atomic E-state index is 12.7. The number of carbonyl (C=O) groups is 2. The van der Waals surface area contributed by atoms with Gasteiger partial charge in [0.2, 0.25) is 6.29 Å². The van der Waals surface area contributed by atoms with Gasteiger partial charge >= 0.3 is 5.97 Å². The normalized spacial score (nSPS) is 37.5. The van der Waals surface area contributed by atoms with Crippen LogP contribution in [0.5, 0.6) is 0 Å². The lowest BCUT2D eigenvalue weighted by molar-refractivity contribution is -0.178. The largest absolute Gasteiger partial charge is 0.472 e. The Labute approximate surface area is 165 Å². The lowest BCUT2D eigenvalue weighted by Crippen LogP contribution is -2.52. The molecule has 1 saturated heterocycles. The third-order valence-corrected chi connectivity index (χ3v) is 6.45. The summed E-state index contributed by atoms with van der Waals surface area (Å²) in [6.45, 7) is 1.48. The highest BCUT2D eigenvalue weighted by atomic mass is 79.9. The Hall–Kier alpha value is -1.42. The van der Waals surface area contributed by atoms with E-state index >= 15 is 0 Å². The van der Waals surface area contributed by atoms with Crippen LogP contribution in [-0.4, -0.2) is 46.1 Å². The van der Waals surface area contributed by atoms with Crippen molar-refractivity contribution in [3.8, 4) is 0 Å². The smallest absolute Gasteiger partial charge is 0.339 e. The second kappa shape index (κ2) is 6.05. The van der Waals surface area contributed by atoms with Gasteiger partial charge in [0, 0.05) is 14.9 Å². The molecule has 1 aromatic carbocycles. The van der Waals surface area contributed by atoms with Crippen LogP contribution in [0, 0.1) is 11.8 Å². The minimum absolute atomic E-state index is 0.288. The maximum atomic E-state index is 12.7. The zero-order valence-electron chi connectivity index (χ0n) is 13.5. The monoisotopic (exact) mass is 487 g/mol. The molecule has 3 aliphatic rings. The SMILES string of the molecule is C[C@]1(O)[C@@H](OC(=O)c2ccc(Br)cc2Br)[C@H]2NC(=O)C3=COC(O)[C@H]1[C@@H]32. The number of aliphatic hydroxyl groups is 2. The Kier molecular flexibility index (Phi) is 4.18. The fraction of sp³-hybridized carbons (Fsp3) is 0.412. The third kappa shape index (κ3) is 2.52. The van der Waals surface area contributed by atoms with Gasteiger partial charge in [-0.15, -0.1) is 0 Å². The molecular weight excluding hydrogens is 474 g/mol. The molecule has 1 amide bonds. The van der Waals surface area contributed by atoms with Gasteiger partial charge in [-0.25, -0.2) is 4.79 Å². The molecule has 1 aliphatic carbocycles. The minimum atomic E-state index is -1.58. The first-order valence-electron chi connectivity index (χ1n) is 7.94. The van der Waals surface area contributed by atoms with Gasteiger partial charge in [0.05, 0.1) is 29.4 Å².